The summed E-state index contributed by atoms with van der Waals surface area (Å²) in [7, 11) is 0. The Kier molecular flexibility index (Phi) is 3.10. The van der Waals surface area contributed by atoms with Gasteiger partial charge in [0.1, 0.15) is 17.6 Å². The standard InChI is InChI=1S/C15H16N4O/c1-9-8-16-15(20-9)11(3)18-14-10(2)17-12-6-4-5-7-13(12)19-14/h4-8,11H,1-3H3,(H,18,19). The number of nitrogens with zero attached hydrogens (tertiary/aromatic N) is 3. The Labute approximate surface area is 117 Å². The molecule has 0 radical (unpaired) electrons. The molecule has 0 bridgehead atoms. The van der Waals surface area contributed by atoms with Crippen molar-refractivity contribution in [3.63, 3.8) is 0 Å². The third-order valence-corrected chi connectivity index (χ3v) is 3.11. The number of aryl methyl sites for hydroxylation is 2. The monoisotopic (exact) mass is 268 g/mol. The quantitative estimate of drug-likeness (QED) is 0.788. The third-order valence-electron chi connectivity index (χ3n) is 3.11. The molecule has 0 spiro atoms. The average Bonchev–Trinajstić information content (AvgIpc) is 2.86. The lowest BCUT2D eigenvalue weighted by molar-refractivity contribution is 0.453. The van der Waals surface area contributed by atoms with Crippen molar-refractivity contribution in [3.8, 4) is 0 Å². The number of aromatic nitrogens is 3. The highest BCUT2D eigenvalue weighted by molar-refractivity contribution is 5.76. The van der Waals surface area contributed by atoms with Crippen molar-refractivity contribution in [3.05, 3.63) is 47.8 Å². The van der Waals surface area contributed by atoms with Crippen molar-refractivity contribution in [2.45, 2.75) is 26.8 Å². The Balaban J connectivity index is 1.92. The minimum absolute atomic E-state index is 0.0575. The molecule has 1 N–H and O–H groups in total. The van der Waals surface area contributed by atoms with E-state index in [2.05, 4.69) is 20.3 Å². The minimum atomic E-state index is -0.0575. The van der Waals surface area contributed by atoms with Crippen LogP contribution in [0.25, 0.3) is 11.0 Å². The summed E-state index contributed by atoms with van der Waals surface area (Å²) in [4.78, 5) is 13.4. The van der Waals surface area contributed by atoms with Gasteiger partial charge in [-0.1, -0.05) is 12.1 Å². The van der Waals surface area contributed by atoms with Gasteiger partial charge in [-0.3, -0.25) is 0 Å². The largest absolute Gasteiger partial charge is 0.444 e. The van der Waals surface area contributed by atoms with Crippen molar-refractivity contribution < 1.29 is 4.42 Å². The van der Waals surface area contributed by atoms with Gasteiger partial charge in [0.25, 0.3) is 0 Å². The number of fused-ring (bicyclic) bond motifs is 1. The van der Waals surface area contributed by atoms with E-state index in [1.807, 2.05) is 45.0 Å². The summed E-state index contributed by atoms with van der Waals surface area (Å²) in [6.45, 7) is 5.81. The maximum Gasteiger partial charge on any atom is 0.216 e. The first-order valence-corrected chi connectivity index (χ1v) is 6.56. The van der Waals surface area contributed by atoms with E-state index < -0.39 is 0 Å². The molecule has 5 nitrogen and oxygen atoms in total. The molecule has 0 amide bonds. The van der Waals surface area contributed by atoms with Gasteiger partial charge in [-0.05, 0) is 32.9 Å². The van der Waals surface area contributed by atoms with Crippen molar-refractivity contribution in [2.75, 3.05) is 5.32 Å². The number of benzene rings is 1. The third kappa shape index (κ3) is 2.34. The Morgan fingerprint density at radius 2 is 1.80 bits per heavy atom. The summed E-state index contributed by atoms with van der Waals surface area (Å²) in [6.07, 6.45) is 1.71. The summed E-state index contributed by atoms with van der Waals surface area (Å²) in [5.74, 6) is 2.21. The fourth-order valence-electron chi connectivity index (χ4n) is 2.06. The summed E-state index contributed by atoms with van der Waals surface area (Å²) in [6, 6.07) is 7.77. The smallest absolute Gasteiger partial charge is 0.216 e. The second-order valence-electron chi connectivity index (χ2n) is 4.82. The Morgan fingerprint density at radius 3 is 2.45 bits per heavy atom. The molecule has 0 aliphatic rings. The van der Waals surface area contributed by atoms with Crippen molar-refractivity contribution in [1.82, 2.24) is 15.0 Å². The lowest BCUT2D eigenvalue weighted by Gasteiger charge is -2.13. The lowest BCUT2D eigenvalue weighted by Crippen LogP contribution is -2.10. The summed E-state index contributed by atoms with van der Waals surface area (Å²) in [5.41, 5.74) is 2.63. The molecule has 1 aromatic carbocycles. The van der Waals surface area contributed by atoms with Crippen LogP contribution in [0, 0.1) is 13.8 Å². The second-order valence-corrected chi connectivity index (χ2v) is 4.82. The fraction of sp³-hybridized carbons (Fsp3) is 0.267. The van der Waals surface area contributed by atoms with Crippen LogP contribution >= 0.6 is 0 Å². The van der Waals surface area contributed by atoms with E-state index in [9.17, 15) is 0 Å². The first-order valence-electron chi connectivity index (χ1n) is 6.56. The maximum atomic E-state index is 5.52. The number of para-hydroxylation sites is 2. The van der Waals surface area contributed by atoms with Crippen LogP contribution in [0.2, 0.25) is 0 Å². The van der Waals surface area contributed by atoms with Gasteiger partial charge in [-0.25, -0.2) is 15.0 Å². The highest BCUT2D eigenvalue weighted by atomic mass is 16.4. The number of oxazole rings is 1. The van der Waals surface area contributed by atoms with E-state index in [-0.39, 0.29) is 6.04 Å². The van der Waals surface area contributed by atoms with Crippen LogP contribution in [0.1, 0.15) is 30.3 Å². The Hall–Kier alpha value is -2.43. The van der Waals surface area contributed by atoms with Crippen LogP contribution in [0.3, 0.4) is 0 Å². The van der Waals surface area contributed by atoms with Crippen molar-refractivity contribution in [2.24, 2.45) is 0 Å². The molecule has 0 fully saturated rings. The lowest BCUT2D eigenvalue weighted by atomic mass is 10.2. The van der Waals surface area contributed by atoms with Crippen molar-refractivity contribution >= 4 is 16.9 Å². The normalized spacial score (nSPS) is 12.6. The van der Waals surface area contributed by atoms with Gasteiger partial charge >= 0.3 is 0 Å². The topological polar surface area (TPSA) is 63.8 Å². The molecule has 0 saturated carbocycles. The first kappa shape index (κ1) is 12.6. The van der Waals surface area contributed by atoms with Gasteiger partial charge in [0.05, 0.1) is 22.9 Å². The van der Waals surface area contributed by atoms with Gasteiger partial charge in [0.15, 0.2) is 0 Å². The zero-order valence-electron chi connectivity index (χ0n) is 11.7. The number of nitrogens with one attached hydrogen (secondary N) is 1. The van der Waals surface area contributed by atoms with E-state index in [0.717, 1.165) is 28.3 Å². The van der Waals surface area contributed by atoms with Crippen LogP contribution < -0.4 is 5.32 Å². The Bertz CT molecular complexity index is 750. The van der Waals surface area contributed by atoms with Crippen LogP contribution in [-0.2, 0) is 0 Å². The van der Waals surface area contributed by atoms with Gasteiger partial charge < -0.3 is 9.73 Å². The fourth-order valence-corrected chi connectivity index (χ4v) is 2.06. The predicted molar refractivity (Wildman–Crippen MR) is 77.6 cm³/mol. The zero-order chi connectivity index (χ0) is 14.1. The molecule has 1 atom stereocenters. The van der Waals surface area contributed by atoms with Gasteiger partial charge in [0.2, 0.25) is 5.89 Å². The van der Waals surface area contributed by atoms with Crippen LogP contribution in [0.4, 0.5) is 5.82 Å². The molecular formula is C15H16N4O. The summed E-state index contributed by atoms with van der Waals surface area (Å²) in [5, 5.41) is 3.30. The first-order chi connectivity index (χ1) is 9.63. The van der Waals surface area contributed by atoms with Crippen LogP contribution in [0.5, 0.6) is 0 Å². The van der Waals surface area contributed by atoms with E-state index in [0.29, 0.717) is 5.89 Å². The molecule has 102 valence electrons. The number of rotatable bonds is 3. The van der Waals surface area contributed by atoms with E-state index >= 15 is 0 Å². The molecule has 3 rings (SSSR count). The Morgan fingerprint density at radius 1 is 1.10 bits per heavy atom. The van der Waals surface area contributed by atoms with E-state index in [1.165, 1.54) is 0 Å². The molecule has 20 heavy (non-hydrogen) atoms. The summed E-state index contributed by atoms with van der Waals surface area (Å²) >= 11 is 0. The molecule has 0 aliphatic heterocycles. The van der Waals surface area contributed by atoms with Crippen LogP contribution in [0.15, 0.2) is 34.9 Å². The number of hydrogen-bond acceptors (Lipinski definition) is 5. The number of hydrogen-bond donors (Lipinski definition) is 1. The highest BCUT2D eigenvalue weighted by Crippen LogP contribution is 2.21. The molecule has 2 heterocycles. The zero-order valence-corrected chi connectivity index (χ0v) is 11.7. The molecule has 0 saturated heterocycles. The van der Waals surface area contributed by atoms with Gasteiger partial charge in [-0.2, -0.15) is 0 Å². The van der Waals surface area contributed by atoms with Crippen molar-refractivity contribution in [1.29, 1.82) is 0 Å². The van der Waals surface area contributed by atoms with Gasteiger partial charge in [-0.15, -0.1) is 0 Å². The molecule has 5 heteroatoms. The van der Waals surface area contributed by atoms with E-state index in [1.54, 1.807) is 6.20 Å². The highest BCUT2D eigenvalue weighted by Gasteiger charge is 2.14. The van der Waals surface area contributed by atoms with Crippen LogP contribution in [-0.4, -0.2) is 15.0 Å². The molecule has 2 aromatic heterocycles. The molecule has 0 aliphatic carbocycles. The van der Waals surface area contributed by atoms with Gasteiger partial charge in [0, 0.05) is 0 Å². The molecule has 1 unspecified atom stereocenters. The minimum Gasteiger partial charge on any atom is -0.444 e. The number of anilines is 1. The predicted octanol–water partition coefficient (Wildman–Crippen LogP) is 3.41. The average molecular weight is 268 g/mol. The SMILES string of the molecule is Cc1cnc(C(C)Nc2nc3ccccc3nc2C)o1. The second kappa shape index (κ2) is 4.92. The molecular weight excluding hydrogens is 252 g/mol. The summed E-state index contributed by atoms with van der Waals surface area (Å²) < 4.78 is 5.52. The van der Waals surface area contributed by atoms with E-state index in [4.69, 9.17) is 4.42 Å². The maximum absolute atomic E-state index is 5.52. The molecule has 3 aromatic rings.